The van der Waals surface area contributed by atoms with E-state index in [4.69, 9.17) is 5.11 Å². The van der Waals surface area contributed by atoms with Gasteiger partial charge in [-0.2, -0.15) is 17.5 Å². The van der Waals surface area contributed by atoms with E-state index in [2.05, 4.69) is 9.71 Å². The lowest BCUT2D eigenvalue weighted by Gasteiger charge is -2.31. The summed E-state index contributed by atoms with van der Waals surface area (Å²) in [4.78, 5) is 13.9. The van der Waals surface area contributed by atoms with Crippen LogP contribution in [0.25, 0.3) is 11.1 Å². The van der Waals surface area contributed by atoms with Gasteiger partial charge < -0.3 is 5.11 Å². The molecular formula is C24H22F3N3O6S2. The van der Waals surface area contributed by atoms with Crippen LogP contribution >= 0.6 is 0 Å². The number of halogens is 3. The zero-order valence-electron chi connectivity index (χ0n) is 19.6. The number of sulfonamides is 2. The summed E-state index contributed by atoms with van der Waals surface area (Å²) in [6, 6.07) is 10.0. The molecule has 1 saturated heterocycles. The molecule has 14 heteroatoms. The summed E-state index contributed by atoms with van der Waals surface area (Å²) in [6.45, 7) is -0.224. The first-order chi connectivity index (χ1) is 17.8. The highest BCUT2D eigenvalue weighted by Crippen LogP contribution is 2.37. The van der Waals surface area contributed by atoms with Gasteiger partial charge in [-0.3, -0.25) is 4.98 Å². The van der Waals surface area contributed by atoms with Gasteiger partial charge in [0.05, 0.1) is 20.9 Å². The number of piperidine rings is 1. The maximum absolute atomic E-state index is 13.9. The molecule has 0 bridgehead atoms. The Morgan fingerprint density at radius 1 is 0.974 bits per heavy atom. The maximum atomic E-state index is 13.9. The van der Waals surface area contributed by atoms with E-state index in [1.807, 2.05) is 0 Å². The second-order valence-electron chi connectivity index (χ2n) is 8.58. The molecule has 3 aromatic rings. The van der Waals surface area contributed by atoms with E-state index in [0.717, 1.165) is 22.5 Å². The van der Waals surface area contributed by atoms with E-state index < -0.39 is 48.7 Å². The molecule has 1 fully saturated rings. The van der Waals surface area contributed by atoms with Crippen LogP contribution in [0.3, 0.4) is 0 Å². The Kier molecular flexibility index (Phi) is 7.61. The number of alkyl halides is 3. The fourth-order valence-corrected chi connectivity index (χ4v) is 7.16. The highest BCUT2D eigenvalue weighted by molar-refractivity contribution is 7.89. The van der Waals surface area contributed by atoms with Gasteiger partial charge in [-0.1, -0.05) is 18.2 Å². The van der Waals surface area contributed by atoms with Crippen molar-refractivity contribution in [3.63, 3.8) is 0 Å². The molecule has 1 aliphatic heterocycles. The van der Waals surface area contributed by atoms with Crippen LogP contribution in [0.15, 0.2) is 76.8 Å². The molecule has 0 aliphatic carbocycles. The van der Waals surface area contributed by atoms with Crippen molar-refractivity contribution in [2.75, 3.05) is 13.1 Å². The summed E-state index contributed by atoms with van der Waals surface area (Å²) in [5.41, 5.74) is -0.999. The number of hydrogen-bond donors (Lipinski definition) is 2. The van der Waals surface area contributed by atoms with Gasteiger partial charge in [-0.25, -0.2) is 26.4 Å². The maximum Gasteiger partial charge on any atom is 0.417 e. The van der Waals surface area contributed by atoms with Gasteiger partial charge in [0.15, 0.2) is 0 Å². The molecule has 0 amide bonds. The van der Waals surface area contributed by atoms with Crippen molar-refractivity contribution < 1.29 is 39.9 Å². The molecule has 2 heterocycles. The van der Waals surface area contributed by atoms with E-state index in [1.54, 1.807) is 12.1 Å². The molecule has 2 aromatic carbocycles. The monoisotopic (exact) mass is 569 g/mol. The molecule has 9 nitrogen and oxygen atoms in total. The van der Waals surface area contributed by atoms with Crippen molar-refractivity contribution in [3.05, 3.63) is 78.1 Å². The number of nitrogens with zero attached hydrogens (tertiary/aromatic N) is 2. The first-order valence-electron chi connectivity index (χ1n) is 11.3. The van der Waals surface area contributed by atoms with Crippen LogP contribution < -0.4 is 4.72 Å². The normalized spacial score (nSPS) is 15.9. The van der Waals surface area contributed by atoms with Gasteiger partial charge >= 0.3 is 12.1 Å². The minimum atomic E-state index is -4.95. The first kappa shape index (κ1) is 27.7. The fourth-order valence-electron chi connectivity index (χ4n) is 4.13. The topological polar surface area (TPSA) is 134 Å². The number of nitrogens with one attached hydrogen (secondary N) is 1. The highest BCUT2D eigenvalue weighted by Gasteiger charge is 2.39. The molecule has 0 atom stereocenters. The lowest BCUT2D eigenvalue weighted by molar-refractivity contribution is -0.139. The Bertz CT molecular complexity index is 1550. The molecule has 38 heavy (non-hydrogen) atoms. The SMILES string of the molecule is O=C(O)c1cccc(S(=O)(=O)N2CCC(NS(=O)(=O)c3ccc(-c4cccnc4)cc3C(F)(F)F)CC2)c1. The van der Waals surface area contributed by atoms with E-state index >= 15 is 0 Å². The summed E-state index contributed by atoms with van der Waals surface area (Å²) < 4.78 is 96.8. The first-order valence-corrected chi connectivity index (χ1v) is 14.2. The smallest absolute Gasteiger partial charge is 0.417 e. The Labute approximate surface area is 217 Å². The van der Waals surface area contributed by atoms with Crippen LogP contribution in [-0.2, 0) is 26.2 Å². The van der Waals surface area contributed by atoms with Crippen molar-refractivity contribution in [3.8, 4) is 11.1 Å². The van der Waals surface area contributed by atoms with Gasteiger partial charge in [0, 0.05) is 37.1 Å². The number of carbonyl (C=O) groups is 1. The molecule has 1 aliphatic rings. The van der Waals surface area contributed by atoms with Crippen molar-refractivity contribution in [2.24, 2.45) is 0 Å². The quantitative estimate of drug-likeness (QED) is 0.444. The van der Waals surface area contributed by atoms with Crippen molar-refractivity contribution in [1.82, 2.24) is 14.0 Å². The van der Waals surface area contributed by atoms with E-state index in [-0.39, 0.29) is 42.0 Å². The van der Waals surface area contributed by atoms with Crippen LogP contribution in [0.1, 0.15) is 28.8 Å². The number of carboxylic acid groups (broad SMARTS) is 1. The molecule has 1 aromatic heterocycles. The third-order valence-corrected chi connectivity index (χ3v) is 9.54. The summed E-state index contributed by atoms with van der Waals surface area (Å²) in [5.74, 6) is -1.29. The van der Waals surface area contributed by atoms with Gasteiger partial charge in [-0.05, 0) is 54.8 Å². The Balaban J connectivity index is 1.52. The van der Waals surface area contributed by atoms with E-state index in [9.17, 15) is 34.8 Å². The Hall–Kier alpha value is -3.33. The third kappa shape index (κ3) is 5.88. The third-order valence-electron chi connectivity index (χ3n) is 6.06. The average molecular weight is 570 g/mol. The van der Waals surface area contributed by atoms with E-state index in [0.29, 0.717) is 5.56 Å². The second-order valence-corrected chi connectivity index (χ2v) is 12.2. The van der Waals surface area contributed by atoms with Crippen molar-refractivity contribution >= 4 is 26.0 Å². The zero-order valence-corrected chi connectivity index (χ0v) is 21.2. The molecule has 202 valence electrons. The molecule has 0 saturated carbocycles. The van der Waals surface area contributed by atoms with Gasteiger partial charge in [-0.15, -0.1) is 0 Å². The zero-order chi connectivity index (χ0) is 27.7. The number of hydrogen-bond acceptors (Lipinski definition) is 6. The molecule has 0 unspecified atom stereocenters. The second kappa shape index (κ2) is 10.4. The van der Waals surface area contributed by atoms with Crippen LogP contribution in [0.5, 0.6) is 0 Å². The van der Waals surface area contributed by atoms with Gasteiger partial charge in [0.1, 0.15) is 0 Å². The average Bonchev–Trinajstić information content (AvgIpc) is 2.88. The number of aromatic nitrogens is 1. The lowest BCUT2D eigenvalue weighted by Crippen LogP contribution is -2.46. The number of aromatic carboxylic acids is 1. The molecule has 2 N–H and O–H groups in total. The van der Waals surface area contributed by atoms with Crippen LogP contribution in [0, 0.1) is 0 Å². The molecule has 0 radical (unpaired) electrons. The summed E-state index contributed by atoms with van der Waals surface area (Å²) in [7, 11) is -8.67. The molecular weight excluding hydrogens is 547 g/mol. The van der Waals surface area contributed by atoms with Crippen LogP contribution in [0.2, 0.25) is 0 Å². The number of carboxylic acids is 1. The summed E-state index contributed by atoms with van der Waals surface area (Å²) in [6.07, 6.45) is -2.12. The van der Waals surface area contributed by atoms with Gasteiger partial charge in [0.25, 0.3) is 0 Å². The molecule has 4 rings (SSSR count). The minimum absolute atomic E-state index is 0.00615. The van der Waals surface area contributed by atoms with Crippen LogP contribution in [0.4, 0.5) is 13.2 Å². The Morgan fingerprint density at radius 2 is 1.68 bits per heavy atom. The number of pyridine rings is 1. The largest absolute Gasteiger partial charge is 0.478 e. The van der Waals surface area contributed by atoms with Gasteiger partial charge in [0.2, 0.25) is 20.0 Å². The number of benzene rings is 2. The van der Waals surface area contributed by atoms with E-state index in [1.165, 1.54) is 36.7 Å². The predicted molar refractivity (Wildman–Crippen MR) is 130 cm³/mol. The minimum Gasteiger partial charge on any atom is -0.478 e. The highest BCUT2D eigenvalue weighted by atomic mass is 32.2. The lowest BCUT2D eigenvalue weighted by atomic mass is 10.0. The summed E-state index contributed by atoms with van der Waals surface area (Å²) in [5, 5.41) is 9.12. The van der Waals surface area contributed by atoms with Crippen molar-refractivity contribution in [2.45, 2.75) is 34.9 Å². The fraction of sp³-hybridized carbons (Fsp3) is 0.250. The Morgan fingerprint density at radius 3 is 2.29 bits per heavy atom. The molecule has 0 spiro atoms. The van der Waals surface area contributed by atoms with Crippen LogP contribution in [-0.4, -0.2) is 56.3 Å². The standard InChI is InChI=1S/C24H22F3N3O6S2/c25-24(26,27)21-14-16(18-4-2-10-28-15-18)6-7-22(21)37(33,34)29-19-8-11-30(12-9-19)38(35,36)20-5-1-3-17(13-20)23(31)32/h1-7,10,13-15,19,29H,8-9,11-12H2,(H,31,32). The number of rotatable bonds is 7. The van der Waals surface area contributed by atoms with Crippen molar-refractivity contribution in [1.29, 1.82) is 0 Å². The summed E-state index contributed by atoms with van der Waals surface area (Å²) >= 11 is 0. The predicted octanol–water partition coefficient (Wildman–Crippen LogP) is 3.60.